The van der Waals surface area contributed by atoms with Crippen LogP contribution < -0.4 is 0 Å². The fourth-order valence-corrected chi connectivity index (χ4v) is 4.50. The van der Waals surface area contributed by atoms with Gasteiger partial charge in [0.25, 0.3) is 17.8 Å². The predicted molar refractivity (Wildman–Crippen MR) is 102 cm³/mol. The minimum Gasteiger partial charge on any atom is -0.292 e. The number of likely N-dealkylation sites (N-methyl/N-ethyl adjacent to an activating group) is 2. The van der Waals surface area contributed by atoms with E-state index in [1.54, 1.807) is 14.1 Å². The third kappa shape index (κ3) is 3.41. The van der Waals surface area contributed by atoms with Crippen LogP contribution in [0.1, 0.15) is 34.1 Å². The maximum absolute atomic E-state index is 12.8. The first-order valence-electron chi connectivity index (χ1n) is 9.67. The van der Waals surface area contributed by atoms with Crippen LogP contribution in [0, 0.1) is 17.8 Å². The number of likely N-dealkylation sites (tertiary alicyclic amines) is 1. The van der Waals surface area contributed by atoms with Crippen molar-refractivity contribution in [2.45, 2.75) is 40.2 Å². The molecule has 0 aliphatic carbocycles. The lowest BCUT2D eigenvalue weighted by molar-refractivity contribution is -0.542. The van der Waals surface area contributed by atoms with Gasteiger partial charge in [0.15, 0.2) is 0 Å². The molecule has 3 heterocycles. The molecule has 3 amide bonds. The normalized spacial score (nSPS) is 30.4. The second-order valence-corrected chi connectivity index (χ2v) is 8.71. The van der Waals surface area contributed by atoms with Crippen molar-refractivity contribution in [3.63, 3.8) is 0 Å². The summed E-state index contributed by atoms with van der Waals surface area (Å²) in [5.74, 6) is 3.07. The van der Waals surface area contributed by atoms with Crippen LogP contribution in [0.15, 0.2) is 4.99 Å². The lowest BCUT2D eigenvalue weighted by Gasteiger charge is -2.34. The maximum Gasteiger partial charge on any atom is 0.333 e. The van der Waals surface area contributed by atoms with Gasteiger partial charge in [-0.2, -0.15) is 0 Å². The van der Waals surface area contributed by atoms with Gasteiger partial charge in [0, 0.05) is 27.2 Å². The summed E-state index contributed by atoms with van der Waals surface area (Å²) in [5.41, 5.74) is 0. The lowest BCUT2D eigenvalue weighted by Crippen LogP contribution is -2.61. The number of piperidine rings is 1. The number of urea groups is 1. The van der Waals surface area contributed by atoms with Gasteiger partial charge in [-0.05, 0) is 29.2 Å². The van der Waals surface area contributed by atoms with E-state index < -0.39 is 6.04 Å². The summed E-state index contributed by atoms with van der Waals surface area (Å²) < 4.78 is 2.12. The number of carbonyl (C=O) groups is 2. The topological polar surface area (TPSA) is 59.2 Å². The van der Waals surface area contributed by atoms with Gasteiger partial charge < -0.3 is 0 Å². The van der Waals surface area contributed by atoms with Gasteiger partial charge in [0.1, 0.15) is 6.54 Å². The van der Waals surface area contributed by atoms with E-state index >= 15 is 0 Å². The molecule has 0 saturated carbocycles. The molecule has 0 bridgehead atoms. The first kappa shape index (κ1) is 19.0. The SMILES string of the molecule is CC(C)C[N+]1=C(CN2CC(C)CC(C)C2)N=C2C1C(=O)N(C)C(=O)N2C. The summed E-state index contributed by atoms with van der Waals surface area (Å²) in [4.78, 5) is 35.1. The highest BCUT2D eigenvalue weighted by atomic mass is 16.2. The molecule has 0 aromatic rings. The molecule has 0 spiro atoms. The molecule has 0 aromatic heterocycles. The van der Waals surface area contributed by atoms with Gasteiger partial charge in [0.2, 0.25) is 0 Å². The second-order valence-electron chi connectivity index (χ2n) is 8.71. The van der Waals surface area contributed by atoms with Crippen LogP contribution in [0.25, 0.3) is 0 Å². The Balaban J connectivity index is 1.92. The molecule has 0 radical (unpaired) electrons. The van der Waals surface area contributed by atoms with Gasteiger partial charge in [-0.3, -0.25) is 19.5 Å². The first-order valence-corrected chi connectivity index (χ1v) is 9.67. The number of hydrogen-bond donors (Lipinski definition) is 0. The van der Waals surface area contributed by atoms with Crippen molar-refractivity contribution >= 4 is 23.6 Å². The molecular formula is C19H32N5O2+. The lowest BCUT2D eigenvalue weighted by atomic mass is 9.92. The van der Waals surface area contributed by atoms with E-state index in [4.69, 9.17) is 4.99 Å². The summed E-state index contributed by atoms with van der Waals surface area (Å²) in [6.07, 6.45) is 1.26. The molecule has 0 aromatic carbocycles. The number of carbonyl (C=O) groups excluding carboxylic acids is 2. The molecule has 3 aliphatic heterocycles. The third-order valence-electron chi connectivity index (χ3n) is 5.48. The zero-order valence-electron chi connectivity index (χ0n) is 16.9. The molecule has 7 heteroatoms. The van der Waals surface area contributed by atoms with E-state index in [1.165, 1.54) is 16.2 Å². The number of fused-ring (bicyclic) bond motifs is 1. The quantitative estimate of drug-likeness (QED) is 0.709. The Morgan fingerprint density at radius 3 is 2.31 bits per heavy atom. The first-order chi connectivity index (χ1) is 12.2. The smallest absolute Gasteiger partial charge is 0.292 e. The highest BCUT2D eigenvalue weighted by molar-refractivity contribution is 6.23. The van der Waals surface area contributed by atoms with Crippen molar-refractivity contribution in [1.82, 2.24) is 14.7 Å². The largest absolute Gasteiger partial charge is 0.333 e. The molecular weight excluding hydrogens is 330 g/mol. The number of hydrogen-bond acceptors (Lipinski definition) is 4. The van der Waals surface area contributed by atoms with Crippen molar-refractivity contribution in [3.8, 4) is 0 Å². The number of aliphatic imine (C=N–C) groups is 1. The van der Waals surface area contributed by atoms with Crippen LogP contribution >= 0.6 is 0 Å². The standard InChI is InChI=1S/C19H32N5O2/c1-12(2)8-24-15(11-23-9-13(3)7-14(4)10-23)20-17-16(24)18(25)22(6)19(26)21(17)5/h12-14,16H,7-11H2,1-6H3/q+1. The van der Waals surface area contributed by atoms with Crippen molar-refractivity contribution in [2.75, 3.05) is 40.3 Å². The molecule has 3 aliphatic rings. The zero-order valence-corrected chi connectivity index (χ0v) is 16.9. The van der Waals surface area contributed by atoms with Crippen molar-refractivity contribution in [1.29, 1.82) is 0 Å². The number of amidine groups is 2. The molecule has 3 rings (SSSR count). The van der Waals surface area contributed by atoms with Crippen LogP contribution in [0.2, 0.25) is 0 Å². The highest BCUT2D eigenvalue weighted by Crippen LogP contribution is 2.23. The molecule has 0 N–H and O–H groups in total. The van der Waals surface area contributed by atoms with Crippen LogP contribution in [0.3, 0.4) is 0 Å². The van der Waals surface area contributed by atoms with Crippen LogP contribution in [0.5, 0.6) is 0 Å². The minimum absolute atomic E-state index is 0.178. The van der Waals surface area contributed by atoms with Gasteiger partial charge in [-0.15, -0.1) is 0 Å². The highest BCUT2D eigenvalue weighted by Gasteiger charge is 2.53. The van der Waals surface area contributed by atoms with Gasteiger partial charge >= 0.3 is 11.9 Å². The average molecular weight is 362 g/mol. The molecule has 144 valence electrons. The Morgan fingerprint density at radius 1 is 1.12 bits per heavy atom. The Labute approximate surface area is 156 Å². The Kier molecular flexibility index (Phi) is 5.19. The average Bonchev–Trinajstić information content (AvgIpc) is 2.88. The molecule has 26 heavy (non-hydrogen) atoms. The summed E-state index contributed by atoms with van der Waals surface area (Å²) in [5, 5.41) is 0. The summed E-state index contributed by atoms with van der Waals surface area (Å²) in [6, 6.07) is -0.782. The van der Waals surface area contributed by atoms with Gasteiger partial charge in [-0.25, -0.2) is 9.37 Å². The van der Waals surface area contributed by atoms with E-state index in [2.05, 4.69) is 37.2 Å². The Morgan fingerprint density at radius 2 is 1.73 bits per heavy atom. The summed E-state index contributed by atoms with van der Waals surface area (Å²) in [6.45, 7) is 12.5. The van der Waals surface area contributed by atoms with E-state index in [-0.39, 0.29) is 11.9 Å². The number of amides is 3. The van der Waals surface area contributed by atoms with Crippen LogP contribution in [0.4, 0.5) is 4.79 Å². The molecule has 7 nitrogen and oxygen atoms in total. The Hall–Kier alpha value is -1.76. The summed E-state index contributed by atoms with van der Waals surface area (Å²) >= 11 is 0. The molecule has 2 saturated heterocycles. The van der Waals surface area contributed by atoms with Crippen molar-refractivity contribution in [3.05, 3.63) is 0 Å². The summed E-state index contributed by atoms with van der Waals surface area (Å²) in [7, 11) is 3.26. The van der Waals surface area contributed by atoms with E-state index in [0.717, 1.165) is 32.0 Å². The molecule has 3 unspecified atom stereocenters. The zero-order chi connectivity index (χ0) is 19.2. The monoisotopic (exact) mass is 362 g/mol. The number of nitrogens with zero attached hydrogens (tertiary/aromatic N) is 5. The second kappa shape index (κ2) is 7.10. The Bertz CT molecular complexity index is 659. The van der Waals surface area contributed by atoms with E-state index in [9.17, 15) is 9.59 Å². The maximum atomic E-state index is 12.8. The van der Waals surface area contributed by atoms with Gasteiger partial charge in [-0.1, -0.05) is 27.7 Å². The number of rotatable bonds is 4. The number of imide groups is 1. The predicted octanol–water partition coefficient (Wildman–Crippen LogP) is 1.34. The van der Waals surface area contributed by atoms with E-state index in [0.29, 0.717) is 23.6 Å². The molecule has 3 atom stereocenters. The fourth-order valence-electron chi connectivity index (χ4n) is 4.50. The third-order valence-corrected chi connectivity index (χ3v) is 5.48. The van der Waals surface area contributed by atoms with Crippen LogP contribution in [-0.4, -0.2) is 89.2 Å². The van der Waals surface area contributed by atoms with E-state index in [1.807, 2.05) is 0 Å². The fraction of sp³-hybridized carbons (Fsp3) is 0.789. The minimum atomic E-state index is -0.472. The van der Waals surface area contributed by atoms with Gasteiger partial charge in [0.05, 0.1) is 6.54 Å². The van der Waals surface area contributed by atoms with Crippen molar-refractivity contribution in [2.24, 2.45) is 22.7 Å². The van der Waals surface area contributed by atoms with Crippen molar-refractivity contribution < 1.29 is 14.2 Å². The molecule has 2 fully saturated rings. The van der Waals surface area contributed by atoms with Crippen LogP contribution in [-0.2, 0) is 4.79 Å².